The summed E-state index contributed by atoms with van der Waals surface area (Å²) in [6.07, 6.45) is -2.11. The molecule has 0 saturated heterocycles. The van der Waals surface area contributed by atoms with Crippen LogP contribution in [-0.2, 0) is 23.8 Å². The summed E-state index contributed by atoms with van der Waals surface area (Å²) in [6, 6.07) is 5.86. The van der Waals surface area contributed by atoms with Crippen LogP contribution in [-0.4, -0.2) is 53.0 Å². The smallest absolute Gasteiger partial charge is 0.338 e. The summed E-state index contributed by atoms with van der Waals surface area (Å²) in [4.78, 5) is 36.7. The second kappa shape index (κ2) is 6.67. The molecule has 0 amide bonds. The Labute approximate surface area is 154 Å². The number of nitrogens with two attached hydrogens (primary N) is 1. The largest absolute Gasteiger partial charge is 0.466 e. The van der Waals surface area contributed by atoms with Gasteiger partial charge in [-0.1, -0.05) is 0 Å². The number of aliphatic hydroxyl groups is 2. The summed E-state index contributed by atoms with van der Waals surface area (Å²) >= 11 is 0. The highest BCUT2D eigenvalue weighted by atomic mass is 16.6. The zero-order chi connectivity index (χ0) is 19.9. The van der Waals surface area contributed by atoms with Gasteiger partial charge in [-0.3, -0.25) is 4.79 Å². The third-order valence-corrected chi connectivity index (χ3v) is 4.98. The Kier molecular flexibility index (Phi) is 4.66. The number of ether oxygens (including phenoxy) is 3. The number of hydrogen-bond donors (Lipinski definition) is 3. The molecule has 0 aromatic heterocycles. The molecule has 4 N–H and O–H groups in total. The first kappa shape index (κ1) is 18.9. The van der Waals surface area contributed by atoms with Gasteiger partial charge in [0.25, 0.3) is 0 Å². The van der Waals surface area contributed by atoms with Crippen LogP contribution >= 0.6 is 0 Å². The Morgan fingerprint density at radius 1 is 1.22 bits per heavy atom. The molecule has 0 unspecified atom stereocenters. The molecule has 1 saturated carbocycles. The van der Waals surface area contributed by atoms with Crippen LogP contribution < -0.4 is 5.73 Å². The van der Waals surface area contributed by atoms with Gasteiger partial charge < -0.3 is 30.2 Å². The Balaban J connectivity index is 1.97. The van der Waals surface area contributed by atoms with Crippen LogP contribution in [0, 0.1) is 11.8 Å². The summed E-state index contributed by atoms with van der Waals surface area (Å²) in [7, 11) is 1.13. The summed E-state index contributed by atoms with van der Waals surface area (Å²) in [5, 5.41) is 21.2. The number of anilines is 1. The highest BCUT2D eigenvalue weighted by Crippen LogP contribution is 2.48. The van der Waals surface area contributed by atoms with Crippen molar-refractivity contribution >= 4 is 23.6 Å². The number of methoxy groups -OCH3 is 1. The highest BCUT2D eigenvalue weighted by molar-refractivity contribution is 5.93. The number of cyclic esters (lactones) is 1. The van der Waals surface area contributed by atoms with E-state index in [0.717, 1.165) is 13.4 Å². The summed E-state index contributed by atoms with van der Waals surface area (Å²) in [5.41, 5.74) is 4.08. The third kappa shape index (κ3) is 3.04. The van der Waals surface area contributed by atoms with Crippen LogP contribution in [0.4, 0.5) is 5.69 Å². The first-order valence-electron chi connectivity index (χ1n) is 8.14. The number of hydrogen-bond acceptors (Lipinski definition) is 9. The van der Waals surface area contributed by atoms with Crippen molar-refractivity contribution in [2.24, 2.45) is 11.8 Å². The van der Waals surface area contributed by atoms with E-state index in [9.17, 15) is 24.6 Å². The van der Waals surface area contributed by atoms with Crippen LogP contribution in [0.25, 0.3) is 0 Å². The van der Waals surface area contributed by atoms with Crippen molar-refractivity contribution in [3.8, 4) is 0 Å². The van der Waals surface area contributed by atoms with E-state index in [2.05, 4.69) is 4.74 Å². The highest BCUT2D eigenvalue weighted by Gasteiger charge is 2.65. The minimum Gasteiger partial charge on any atom is -0.466 e. The Bertz CT molecular complexity index is 813. The molecule has 1 aromatic carbocycles. The third-order valence-electron chi connectivity index (χ3n) is 4.98. The quantitative estimate of drug-likeness (QED) is 0.369. The molecule has 1 aromatic rings. The Hall–Kier alpha value is -2.91. The maximum atomic E-state index is 12.5. The topological polar surface area (TPSA) is 145 Å². The molecule has 9 nitrogen and oxygen atoms in total. The monoisotopic (exact) mass is 377 g/mol. The predicted octanol–water partition coefficient (Wildman–Crippen LogP) is -0.234. The lowest BCUT2D eigenvalue weighted by Gasteiger charge is -2.30. The molecule has 1 heterocycles. The molecule has 1 aliphatic heterocycles. The van der Waals surface area contributed by atoms with Gasteiger partial charge in [0.1, 0.15) is 24.1 Å². The van der Waals surface area contributed by atoms with Gasteiger partial charge in [0.2, 0.25) is 0 Å². The number of fused-ring (bicyclic) bond motifs is 1. The molecule has 0 spiro atoms. The van der Waals surface area contributed by atoms with E-state index in [-0.39, 0.29) is 11.1 Å². The minimum absolute atomic E-state index is 0.117. The second-order valence-corrected chi connectivity index (χ2v) is 6.67. The predicted molar refractivity (Wildman–Crippen MR) is 89.9 cm³/mol. The molecule has 1 fully saturated rings. The van der Waals surface area contributed by atoms with Crippen molar-refractivity contribution in [2.75, 3.05) is 12.8 Å². The molecular formula is C18H19NO8. The zero-order valence-electron chi connectivity index (χ0n) is 14.6. The average molecular weight is 377 g/mol. The summed E-state index contributed by atoms with van der Waals surface area (Å²) < 4.78 is 14.9. The first-order chi connectivity index (χ1) is 12.7. The average Bonchev–Trinajstić information content (AvgIpc) is 2.83. The second-order valence-electron chi connectivity index (χ2n) is 6.67. The minimum atomic E-state index is -1.98. The van der Waals surface area contributed by atoms with Crippen LogP contribution in [0.1, 0.15) is 17.3 Å². The number of benzene rings is 1. The molecule has 3 rings (SSSR count). The fourth-order valence-corrected chi connectivity index (χ4v) is 3.53. The first-order valence-corrected chi connectivity index (χ1v) is 8.14. The SMILES string of the molecule is COC(=O)C1=COC(=O)[C@H]2[C@@H]1[C@H](OC(=O)c1ccc(N)cc1)[C@H](O)[C@]2(C)O. The van der Waals surface area contributed by atoms with Crippen molar-refractivity contribution in [1.29, 1.82) is 0 Å². The molecule has 27 heavy (non-hydrogen) atoms. The Morgan fingerprint density at radius 3 is 2.44 bits per heavy atom. The van der Waals surface area contributed by atoms with Crippen molar-refractivity contribution in [3.63, 3.8) is 0 Å². The van der Waals surface area contributed by atoms with Gasteiger partial charge in [0, 0.05) is 5.69 Å². The lowest BCUT2D eigenvalue weighted by atomic mass is 9.81. The van der Waals surface area contributed by atoms with Gasteiger partial charge in [-0.15, -0.1) is 0 Å². The molecule has 144 valence electrons. The number of nitrogen functional groups attached to an aromatic ring is 1. The molecule has 1 aliphatic carbocycles. The van der Waals surface area contributed by atoms with Crippen molar-refractivity contribution < 1.29 is 38.8 Å². The Morgan fingerprint density at radius 2 is 1.85 bits per heavy atom. The molecular weight excluding hydrogens is 358 g/mol. The van der Waals surface area contributed by atoms with Crippen molar-refractivity contribution in [3.05, 3.63) is 41.7 Å². The van der Waals surface area contributed by atoms with Crippen LogP contribution in [0.3, 0.4) is 0 Å². The van der Waals surface area contributed by atoms with Crippen molar-refractivity contribution in [2.45, 2.75) is 24.7 Å². The van der Waals surface area contributed by atoms with Crippen LogP contribution in [0.5, 0.6) is 0 Å². The van der Waals surface area contributed by atoms with E-state index in [1.165, 1.54) is 31.2 Å². The fraction of sp³-hybridized carbons (Fsp3) is 0.389. The van der Waals surface area contributed by atoms with E-state index >= 15 is 0 Å². The number of esters is 3. The maximum Gasteiger partial charge on any atom is 0.338 e. The molecule has 0 radical (unpaired) electrons. The summed E-state index contributed by atoms with van der Waals surface area (Å²) in [6.45, 7) is 1.22. The van der Waals surface area contributed by atoms with E-state index in [0.29, 0.717) is 5.69 Å². The summed E-state index contributed by atoms with van der Waals surface area (Å²) in [5.74, 6) is -4.91. The lowest BCUT2D eigenvalue weighted by Crippen LogP contribution is -2.46. The molecule has 5 atom stereocenters. The van der Waals surface area contributed by atoms with Gasteiger partial charge >= 0.3 is 17.9 Å². The van der Waals surface area contributed by atoms with Gasteiger partial charge in [-0.05, 0) is 31.2 Å². The molecule has 0 bridgehead atoms. The lowest BCUT2D eigenvalue weighted by molar-refractivity contribution is -0.158. The number of rotatable bonds is 3. The number of aliphatic hydroxyl groups excluding tert-OH is 1. The van der Waals surface area contributed by atoms with Crippen molar-refractivity contribution in [1.82, 2.24) is 0 Å². The fourth-order valence-electron chi connectivity index (χ4n) is 3.53. The van der Waals surface area contributed by atoms with Gasteiger partial charge in [-0.2, -0.15) is 0 Å². The van der Waals surface area contributed by atoms with E-state index < -0.39 is 47.6 Å². The van der Waals surface area contributed by atoms with E-state index in [1.54, 1.807) is 0 Å². The molecule has 2 aliphatic rings. The van der Waals surface area contributed by atoms with Gasteiger partial charge in [0.15, 0.2) is 0 Å². The van der Waals surface area contributed by atoms with E-state index in [4.69, 9.17) is 15.2 Å². The number of carbonyl (C=O) groups excluding carboxylic acids is 3. The maximum absolute atomic E-state index is 12.5. The van der Waals surface area contributed by atoms with E-state index in [1.807, 2.05) is 0 Å². The zero-order valence-corrected chi connectivity index (χ0v) is 14.6. The normalized spacial score (nSPS) is 32.1. The molecule has 9 heteroatoms. The van der Waals surface area contributed by atoms with Crippen LogP contribution in [0.2, 0.25) is 0 Å². The van der Waals surface area contributed by atoms with Crippen LogP contribution in [0.15, 0.2) is 36.1 Å². The number of carbonyl (C=O) groups is 3. The van der Waals surface area contributed by atoms with Gasteiger partial charge in [-0.25, -0.2) is 9.59 Å². The standard InChI is InChI=1S/C18H19NO8/c1-18(24)12-11(10(16(22)25-2)7-26-17(12)23)13(14(18)20)27-15(21)8-3-5-9(19)6-4-8/h3-7,11-14,20,24H,19H2,1-2H3/t11-,12-,13+,14+,18-/m1/s1. The van der Waals surface area contributed by atoms with Gasteiger partial charge in [0.05, 0.1) is 30.1 Å².